The summed E-state index contributed by atoms with van der Waals surface area (Å²) in [5.74, 6) is 1.32. The molecule has 0 N–H and O–H groups in total. The number of hydrogen-bond acceptors (Lipinski definition) is 8. The lowest BCUT2D eigenvalue weighted by molar-refractivity contribution is -0.133. The first-order valence-corrected chi connectivity index (χ1v) is 12.1. The smallest absolute Gasteiger partial charge is 0.290 e. The maximum Gasteiger partial charge on any atom is 0.290 e. The summed E-state index contributed by atoms with van der Waals surface area (Å²) in [5, 5.41) is 6.15. The van der Waals surface area contributed by atoms with Crippen molar-refractivity contribution in [3.8, 4) is 17.2 Å². The second kappa shape index (κ2) is 12.3. The molecule has 4 rings (SSSR count). The summed E-state index contributed by atoms with van der Waals surface area (Å²) in [6.45, 7) is 0.246. The summed E-state index contributed by atoms with van der Waals surface area (Å²) in [4.78, 5) is 28.2. The maximum atomic E-state index is 13.8. The third kappa shape index (κ3) is 5.81. The molecule has 0 spiro atoms. The Hall–Kier alpha value is -4.31. The van der Waals surface area contributed by atoms with Gasteiger partial charge in [-0.25, -0.2) is 5.01 Å². The minimum atomic E-state index is -0.479. The first-order chi connectivity index (χ1) is 18.5. The van der Waals surface area contributed by atoms with Crippen LogP contribution in [-0.2, 0) is 9.53 Å². The molecule has 2 amide bonds. The lowest BCUT2D eigenvalue weighted by atomic mass is 9.97. The van der Waals surface area contributed by atoms with Crippen LogP contribution in [0.15, 0.2) is 70.4 Å². The second-order valence-electron chi connectivity index (χ2n) is 8.54. The van der Waals surface area contributed by atoms with Crippen LogP contribution in [0.3, 0.4) is 0 Å². The van der Waals surface area contributed by atoms with E-state index in [1.165, 1.54) is 23.3 Å². The van der Waals surface area contributed by atoms with Crippen LogP contribution in [0, 0.1) is 0 Å². The van der Waals surface area contributed by atoms with E-state index in [1.807, 2.05) is 30.3 Å². The van der Waals surface area contributed by atoms with Crippen LogP contribution in [-0.4, -0.2) is 75.6 Å². The molecule has 3 aromatic rings. The average Bonchev–Trinajstić information content (AvgIpc) is 3.65. The number of ether oxygens (including phenoxy) is 4. The monoisotopic (exact) mass is 521 g/mol. The van der Waals surface area contributed by atoms with Crippen molar-refractivity contribution in [1.29, 1.82) is 0 Å². The Morgan fingerprint density at radius 2 is 1.74 bits per heavy atom. The molecule has 0 saturated carbocycles. The third-order valence-corrected chi connectivity index (χ3v) is 6.30. The number of rotatable bonds is 11. The van der Waals surface area contributed by atoms with Crippen molar-refractivity contribution in [2.45, 2.75) is 12.5 Å². The van der Waals surface area contributed by atoms with Gasteiger partial charge < -0.3 is 28.3 Å². The number of nitrogens with zero attached hydrogens (tertiary/aromatic N) is 3. The van der Waals surface area contributed by atoms with E-state index in [4.69, 9.17) is 28.5 Å². The Labute approximate surface area is 221 Å². The van der Waals surface area contributed by atoms with E-state index < -0.39 is 11.9 Å². The maximum absolute atomic E-state index is 13.8. The molecule has 1 aromatic heterocycles. The molecule has 1 aliphatic rings. The zero-order valence-corrected chi connectivity index (χ0v) is 21.9. The molecule has 0 saturated heterocycles. The van der Waals surface area contributed by atoms with Gasteiger partial charge in [0.15, 0.2) is 5.76 Å². The summed E-state index contributed by atoms with van der Waals surface area (Å²) in [6.07, 6.45) is 1.85. The van der Waals surface area contributed by atoms with Crippen LogP contribution in [0.2, 0.25) is 0 Å². The Bertz CT molecular complexity index is 1270. The molecule has 2 aromatic carbocycles. The quantitative estimate of drug-likeness (QED) is 0.378. The van der Waals surface area contributed by atoms with Gasteiger partial charge in [0.25, 0.3) is 11.8 Å². The highest BCUT2D eigenvalue weighted by Crippen LogP contribution is 2.39. The van der Waals surface area contributed by atoms with Crippen LogP contribution in [0.4, 0.5) is 0 Å². The molecule has 0 fully saturated rings. The molecule has 1 aliphatic heterocycles. The van der Waals surface area contributed by atoms with Crippen molar-refractivity contribution < 1.29 is 33.0 Å². The number of hydrogen-bond donors (Lipinski definition) is 0. The van der Waals surface area contributed by atoms with Crippen molar-refractivity contribution in [3.05, 3.63) is 77.7 Å². The minimum absolute atomic E-state index is 0.142. The highest BCUT2D eigenvalue weighted by Gasteiger charge is 2.36. The average molecular weight is 522 g/mol. The van der Waals surface area contributed by atoms with Gasteiger partial charge in [0, 0.05) is 25.6 Å². The zero-order valence-electron chi connectivity index (χ0n) is 21.9. The van der Waals surface area contributed by atoms with E-state index in [2.05, 4.69) is 0 Å². The first kappa shape index (κ1) is 26.7. The van der Waals surface area contributed by atoms with Crippen molar-refractivity contribution in [2.24, 2.45) is 5.10 Å². The second-order valence-corrected chi connectivity index (χ2v) is 8.54. The number of methoxy groups -OCH3 is 4. The fraction of sp³-hybridized carbons (Fsp3) is 0.321. The number of hydrazone groups is 1. The third-order valence-electron chi connectivity index (χ3n) is 6.30. The standard InChI is InChI=1S/C28H31N3O7/c1-34-15-13-30(28(33)26-6-5-14-38-26)18-27(32)31-24(22-16-21(36-3)11-12-25(22)37-4)17-23(29-31)19-7-9-20(35-2)10-8-19/h5-12,14,16,24H,13,15,17-18H2,1-4H3. The lowest BCUT2D eigenvalue weighted by Crippen LogP contribution is -2.42. The number of benzene rings is 2. The lowest BCUT2D eigenvalue weighted by Gasteiger charge is -2.27. The van der Waals surface area contributed by atoms with Crippen molar-refractivity contribution in [1.82, 2.24) is 9.91 Å². The zero-order chi connectivity index (χ0) is 27.1. The molecule has 38 heavy (non-hydrogen) atoms. The molecular formula is C28H31N3O7. The molecule has 2 heterocycles. The highest BCUT2D eigenvalue weighted by molar-refractivity contribution is 6.03. The summed E-state index contributed by atoms with van der Waals surface area (Å²) in [5.41, 5.74) is 2.32. The molecular weight excluding hydrogens is 490 g/mol. The predicted octanol–water partition coefficient (Wildman–Crippen LogP) is 3.77. The topological polar surface area (TPSA) is 103 Å². The predicted molar refractivity (Wildman–Crippen MR) is 140 cm³/mol. The summed E-state index contributed by atoms with van der Waals surface area (Å²) in [7, 11) is 6.30. The molecule has 1 atom stereocenters. The summed E-state index contributed by atoms with van der Waals surface area (Å²) >= 11 is 0. The SMILES string of the molecule is COCCN(CC(=O)N1N=C(c2ccc(OC)cc2)CC1c1cc(OC)ccc1OC)C(=O)c1ccco1. The normalized spacial score (nSPS) is 14.7. The van der Waals surface area contributed by atoms with E-state index in [-0.39, 0.29) is 31.4 Å². The van der Waals surface area contributed by atoms with Crippen LogP contribution >= 0.6 is 0 Å². The van der Waals surface area contributed by atoms with Crippen LogP contribution in [0.1, 0.15) is 34.1 Å². The Morgan fingerprint density at radius 1 is 1.00 bits per heavy atom. The van der Waals surface area contributed by atoms with E-state index >= 15 is 0 Å². The van der Waals surface area contributed by atoms with E-state index in [0.29, 0.717) is 17.9 Å². The van der Waals surface area contributed by atoms with Gasteiger partial charge in [0.1, 0.15) is 23.8 Å². The van der Waals surface area contributed by atoms with Gasteiger partial charge >= 0.3 is 0 Å². The Kier molecular flexibility index (Phi) is 8.65. The van der Waals surface area contributed by atoms with Crippen LogP contribution < -0.4 is 14.2 Å². The van der Waals surface area contributed by atoms with Gasteiger partial charge in [0.05, 0.1) is 46.0 Å². The summed E-state index contributed by atoms with van der Waals surface area (Å²) in [6, 6.07) is 15.6. The molecule has 10 heteroatoms. The van der Waals surface area contributed by atoms with Crippen molar-refractivity contribution in [3.63, 3.8) is 0 Å². The highest BCUT2D eigenvalue weighted by atomic mass is 16.5. The van der Waals surface area contributed by atoms with Crippen LogP contribution in [0.5, 0.6) is 17.2 Å². The number of amides is 2. The molecule has 10 nitrogen and oxygen atoms in total. The van der Waals surface area contributed by atoms with Gasteiger partial charge in [0.2, 0.25) is 0 Å². The fourth-order valence-corrected chi connectivity index (χ4v) is 4.29. The van der Waals surface area contributed by atoms with Gasteiger partial charge in [-0.05, 0) is 60.2 Å². The van der Waals surface area contributed by atoms with Gasteiger partial charge in [-0.1, -0.05) is 0 Å². The number of carbonyl (C=O) groups excluding carboxylic acids is 2. The van der Waals surface area contributed by atoms with E-state index in [9.17, 15) is 9.59 Å². The molecule has 200 valence electrons. The molecule has 0 bridgehead atoms. The molecule has 0 aliphatic carbocycles. The number of furan rings is 1. The first-order valence-electron chi connectivity index (χ1n) is 12.1. The van der Waals surface area contributed by atoms with E-state index in [1.54, 1.807) is 45.6 Å². The minimum Gasteiger partial charge on any atom is -0.497 e. The molecule has 1 unspecified atom stereocenters. The van der Waals surface area contributed by atoms with Gasteiger partial charge in [-0.3, -0.25) is 9.59 Å². The van der Waals surface area contributed by atoms with Crippen molar-refractivity contribution in [2.75, 3.05) is 48.1 Å². The fourth-order valence-electron chi connectivity index (χ4n) is 4.29. The molecule has 0 radical (unpaired) electrons. The Morgan fingerprint density at radius 3 is 2.37 bits per heavy atom. The van der Waals surface area contributed by atoms with E-state index in [0.717, 1.165) is 22.6 Å². The Balaban J connectivity index is 1.69. The van der Waals surface area contributed by atoms with Gasteiger partial charge in [-0.2, -0.15) is 5.10 Å². The summed E-state index contributed by atoms with van der Waals surface area (Å²) < 4.78 is 26.8. The largest absolute Gasteiger partial charge is 0.497 e. The van der Waals surface area contributed by atoms with Gasteiger partial charge in [-0.15, -0.1) is 0 Å². The number of carbonyl (C=O) groups is 2. The van der Waals surface area contributed by atoms with Crippen molar-refractivity contribution >= 4 is 17.5 Å². The van der Waals surface area contributed by atoms with Crippen LogP contribution in [0.25, 0.3) is 0 Å².